The number of aryl methyl sites for hydroxylation is 1. The first-order valence-electron chi connectivity index (χ1n) is 4.25. The second kappa shape index (κ2) is 3.10. The molecule has 0 saturated heterocycles. The van der Waals surface area contributed by atoms with Gasteiger partial charge in [-0.1, -0.05) is 17.7 Å². The van der Waals surface area contributed by atoms with Crippen molar-refractivity contribution < 1.29 is 4.79 Å². The van der Waals surface area contributed by atoms with E-state index in [4.69, 9.17) is 11.6 Å². The van der Waals surface area contributed by atoms with Gasteiger partial charge in [0.1, 0.15) is 11.3 Å². The maximum Gasteiger partial charge on any atom is 0.179 e. The largest absolute Gasteiger partial charge is 0.295 e. The van der Waals surface area contributed by atoms with Crippen molar-refractivity contribution >= 4 is 23.0 Å². The molecular weight excluding hydrogens is 200 g/mol. The Morgan fingerprint density at radius 1 is 1.50 bits per heavy atom. The van der Waals surface area contributed by atoms with Gasteiger partial charge in [0.2, 0.25) is 0 Å². The first kappa shape index (κ1) is 9.21. The number of carbonyl (C=O) groups excluding carboxylic acids is 1. The van der Waals surface area contributed by atoms with E-state index in [0.717, 1.165) is 5.56 Å². The van der Waals surface area contributed by atoms with Crippen molar-refractivity contribution in [1.29, 1.82) is 0 Å². The lowest BCUT2D eigenvalue weighted by molar-refractivity contribution is 0.101. The van der Waals surface area contributed by atoms with E-state index < -0.39 is 0 Å². The van der Waals surface area contributed by atoms with Gasteiger partial charge in [-0.05, 0) is 18.6 Å². The molecule has 0 amide bonds. The molecule has 0 radical (unpaired) electrons. The first-order chi connectivity index (χ1) is 6.59. The minimum absolute atomic E-state index is 0.0758. The summed E-state index contributed by atoms with van der Waals surface area (Å²) in [4.78, 5) is 15.4. The summed E-state index contributed by atoms with van der Waals surface area (Å²) in [7, 11) is 0. The highest BCUT2D eigenvalue weighted by molar-refractivity contribution is 6.32. The summed E-state index contributed by atoms with van der Waals surface area (Å²) in [6, 6.07) is 3.77. The number of rotatable bonds is 1. The molecule has 0 saturated carbocycles. The molecule has 0 spiro atoms. The van der Waals surface area contributed by atoms with Crippen LogP contribution >= 0.6 is 11.6 Å². The predicted octanol–water partition coefficient (Wildman–Crippen LogP) is 2.50. The topological polar surface area (TPSA) is 34.4 Å². The van der Waals surface area contributed by atoms with Gasteiger partial charge < -0.3 is 0 Å². The lowest BCUT2D eigenvalue weighted by Crippen LogP contribution is -1.99. The minimum Gasteiger partial charge on any atom is -0.295 e. The molecule has 0 unspecified atom stereocenters. The molecule has 0 N–H and O–H groups in total. The molecule has 0 aliphatic carbocycles. The van der Waals surface area contributed by atoms with Crippen LogP contribution in [0, 0.1) is 6.92 Å². The lowest BCUT2D eigenvalue weighted by atomic mass is 10.3. The molecule has 0 aromatic carbocycles. The highest BCUT2D eigenvalue weighted by Gasteiger charge is 2.13. The zero-order valence-corrected chi connectivity index (χ0v) is 8.67. The van der Waals surface area contributed by atoms with Crippen LogP contribution in [0.4, 0.5) is 0 Å². The molecule has 0 atom stereocenters. The van der Waals surface area contributed by atoms with E-state index in [1.807, 2.05) is 25.3 Å². The fraction of sp³-hybridized carbons (Fsp3) is 0.200. The van der Waals surface area contributed by atoms with Gasteiger partial charge >= 0.3 is 0 Å². The van der Waals surface area contributed by atoms with Crippen molar-refractivity contribution in [3.05, 3.63) is 34.7 Å². The minimum atomic E-state index is -0.0758. The van der Waals surface area contributed by atoms with Gasteiger partial charge in [0.15, 0.2) is 10.9 Å². The highest BCUT2D eigenvalue weighted by Crippen LogP contribution is 2.18. The molecule has 2 rings (SSSR count). The monoisotopic (exact) mass is 208 g/mol. The Morgan fingerprint density at radius 3 is 2.86 bits per heavy atom. The number of nitrogens with zero attached hydrogens (tertiary/aromatic N) is 2. The summed E-state index contributed by atoms with van der Waals surface area (Å²) in [6.45, 7) is 3.44. The Morgan fingerprint density at radius 2 is 2.21 bits per heavy atom. The number of aromatic nitrogens is 2. The van der Waals surface area contributed by atoms with E-state index in [1.165, 1.54) is 6.92 Å². The third kappa shape index (κ3) is 1.30. The van der Waals surface area contributed by atoms with Crippen LogP contribution < -0.4 is 0 Å². The molecule has 0 fully saturated rings. The maximum atomic E-state index is 11.3. The van der Waals surface area contributed by atoms with E-state index in [-0.39, 0.29) is 10.9 Å². The van der Waals surface area contributed by atoms with Gasteiger partial charge in [-0.25, -0.2) is 4.98 Å². The summed E-state index contributed by atoms with van der Waals surface area (Å²) in [6.07, 6.45) is 1.85. The van der Waals surface area contributed by atoms with Crippen LogP contribution in [0.5, 0.6) is 0 Å². The van der Waals surface area contributed by atoms with Crippen molar-refractivity contribution in [3.63, 3.8) is 0 Å². The van der Waals surface area contributed by atoms with Crippen LogP contribution in [0.15, 0.2) is 18.3 Å². The van der Waals surface area contributed by atoms with Crippen molar-refractivity contribution in [2.75, 3.05) is 0 Å². The summed E-state index contributed by atoms with van der Waals surface area (Å²) in [5.74, 6) is -0.0758. The molecule has 3 nitrogen and oxygen atoms in total. The molecule has 2 heterocycles. The number of imidazole rings is 1. The molecule has 4 heteroatoms. The lowest BCUT2D eigenvalue weighted by Gasteiger charge is -1.98. The summed E-state index contributed by atoms with van der Waals surface area (Å²) in [5, 5.41) is 0.267. The van der Waals surface area contributed by atoms with Crippen LogP contribution in [0.3, 0.4) is 0 Å². The number of hydrogen-bond acceptors (Lipinski definition) is 2. The molecule has 0 aliphatic heterocycles. The fourth-order valence-electron chi connectivity index (χ4n) is 1.44. The number of Topliss-reactive ketones (excluding diaryl/α,β-unsaturated/α-hetero) is 1. The zero-order chi connectivity index (χ0) is 10.3. The second-order valence-corrected chi connectivity index (χ2v) is 3.60. The smallest absolute Gasteiger partial charge is 0.179 e. The van der Waals surface area contributed by atoms with Gasteiger partial charge in [0, 0.05) is 13.1 Å². The van der Waals surface area contributed by atoms with E-state index in [0.29, 0.717) is 11.3 Å². The quantitative estimate of drug-likeness (QED) is 0.675. The Kier molecular flexibility index (Phi) is 2.04. The molecule has 0 aliphatic rings. The molecule has 2 aromatic rings. The highest BCUT2D eigenvalue weighted by atomic mass is 35.5. The van der Waals surface area contributed by atoms with Crippen LogP contribution in [0.25, 0.3) is 5.65 Å². The number of ketones is 1. The molecular formula is C10H9ClN2O. The van der Waals surface area contributed by atoms with Gasteiger partial charge in [0.05, 0.1) is 0 Å². The zero-order valence-electron chi connectivity index (χ0n) is 7.91. The molecule has 14 heavy (non-hydrogen) atoms. The van der Waals surface area contributed by atoms with Crippen LogP contribution in [-0.4, -0.2) is 15.2 Å². The first-order valence-corrected chi connectivity index (χ1v) is 4.62. The van der Waals surface area contributed by atoms with Gasteiger partial charge in [-0.2, -0.15) is 0 Å². The molecule has 72 valence electrons. The van der Waals surface area contributed by atoms with Gasteiger partial charge in [-0.15, -0.1) is 0 Å². The van der Waals surface area contributed by atoms with Crippen molar-refractivity contribution in [2.45, 2.75) is 13.8 Å². The third-order valence-corrected chi connectivity index (χ3v) is 2.32. The normalized spacial score (nSPS) is 10.8. The van der Waals surface area contributed by atoms with E-state index in [2.05, 4.69) is 4.98 Å². The average Bonchev–Trinajstić information content (AvgIpc) is 2.40. The number of fused-ring (bicyclic) bond motifs is 1. The fourth-order valence-corrected chi connectivity index (χ4v) is 1.75. The van der Waals surface area contributed by atoms with E-state index in [9.17, 15) is 4.79 Å². The van der Waals surface area contributed by atoms with E-state index >= 15 is 0 Å². The second-order valence-electron chi connectivity index (χ2n) is 3.24. The summed E-state index contributed by atoms with van der Waals surface area (Å²) in [5.41, 5.74) is 2.21. The van der Waals surface area contributed by atoms with Crippen LogP contribution in [-0.2, 0) is 0 Å². The van der Waals surface area contributed by atoms with Gasteiger partial charge in [-0.3, -0.25) is 9.20 Å². The Labute approximate surface area is 86.3 Å². The number of carbonyl (C=O) groups is 1. The standard InChI is InChI=1S/C10H9ClN2O/c1-6-3-4-8-12-10(11)9(7(2)14)13(8)5-6/h3-5H,1-2H3. The Bertz CT molecular complexity index is 516. The number of hydrogen-bond donors (Lipinski definition) is 0. The van der Waals surface area contributed by atoms with E-state index in [1.54, 1.807) is 4.40 Å². The van der Waals surface area contributed by atoms with Crippen molar-refractivity contribution in [1.82, 2.24) is 9.38 Å². The van der Waals surface area contributed by atoms with Crippen LogP contribution in [0.2, 0.25) is 5.15 Å². The summed E-state index contributed by atoms with van der Waals surface area (Å²) < 4.78 is 1.72. The number of pyridine rings is 1. The van der Waals surface area contributed by atoms with Crippen molar-refractivity contribution in [3.8, 4) is 0 Å². The number of halogens is 1. The predicted molar refractivity (Wildman–Crippen MR) is 54.9 cm³/mol. The summed E-state index contributed by atoms with van der Waals surface area (Å²) >= 11 is 5.86. The van der Waals surface area contributed by atoms with Crippen LogP contribution in [0.1, 0.15) is 23.0 Å². The van der Waals surface area contributed by atoms with Crippen molar-refractivity contribution in [2.24, 2.45) is 0 Å². The SMILES string of the molecule is CC(=O)c1c(Cl)nc2ccc(C)cn12. The Hall–Kier alpha value is -1.35. The molecule has 2 aromatic heterocycles. The third-order valence-electron chi connectivity index (χ3n) is 2.06. The molecule has 0 bridgehead atoms. The van der Waals surface area contributed by atoms with Gasteiger partial charge in [0.25, 0.3) is 0 Å². The average molecular weight is 209 g/mol. The maximum absolute atomic E-state index is 11.3. The Balaban J connectivity index is 2.86.